The fourth-order valence-electron chi connectivity index (χ4n) is 3.24. The van der Waals surface area contributed by atoms with E-state index in [1.54, 1.807) is 0 Å². The summed E-state index contributed by atoms with van der Waals surface area (Å²) in [4.78, 5) is 27.6. The van der Waals surface area contributed by atoms with Gasteiger partial charge in [-0.25, -0.2) is 4.79 Å². The van der Waals surface area contributed by atoms with E-state index in [0.717, 1.165) is 32.7 Å². The van der Waals surface area contributed by atoms with Crippen molar-refractivity contribution in [2.75, 3.05) is 32.7 Å². The van der Waals surface area contributed by atoms with Crippen molar-refractivity contribution >= 4 is 12.0 Å². The number of piperazine rings is 1. The van der Waals surface area contributed by atoms with Crippen molar-refractivity contribution in [1.82, 2.24) is 15.1 Å². The molecule has 1 aliphatic carbocycles. The highest BCUT2D eigenvalue weighted by Crippen LogP contribution is 2.47. The van der Waals surface area contributed by atoms with E-state index in [2.05, 4.69) is 17.1 Å². The van der Waals surface area contributed by atoms with Gasteiger partial charge in [0, 0.05) is 38.1 Å². The van der Waals surface area contributed by atoms with Gasteiger partial charge in [-0.05, 0) is 18.4 Å². The lowest BCUT2D eigenvalue weighted by Crippen LogP contribution is -2.63. The number of nitrogens with zero attached hydrogens (tertiary/aromatic N) is 2. The van der Waals surface area contributed by atoms with Gasteiger partial charge in [-0.2, -0.15) is 0 Å². The molecule has 0 aromatic carbocycles. The van der Waals surface area contributed by atoms with Gasteiger partial charge in [-0.1, -0.05) is 20.8 Å². The number of carbonyl (C=O) groups excluding carboxylic acids is 1. The lowest BCUT2D eigenvalue weighted by atomic mass is 9.58. The van der Waals surface area contributed by atoms with Crippen LogP contribution in [0, 0.1) is 11.3 Å². The molecule has 0 spiro atoms. The van der Waals surface area contributed by atoms with E-state index in [1.807, 2.05) is 18.7 Å². The molecule has 2 fully saturated rings. The topological polar surface area (TPSA) is 72.9 Å². The standard InChI is InChI=1S/C14H25N3O3/c1-4-16-5-7-17(8-6-16)12(18)10-9-11(14(10,2)3)15-13(19)20/h10-11,15H,4-9H2,1-3H3,(H,19,20)/t10-,11-/m1/s1. The van der Waals surface area contributed by atoms with Crippen molar-refractivity contribution < 1.29 is 14.7 Å². The third kappa shape index (κ3) is 2.75. The van der Waals surface area contributed by atoms with Crippen LogP contribution in [-0.4, -0.2) is 65.7 Å². The van der Waals surface area contributed by atoms with Crippen LogP contribution in [0.4, 0.5) is 4.79 Å². The zero-order valence-electron chi connectivity index (χ0n) is 12.6. The lowest BCUT2D eigenvalue weighted by molar-refractivity contribution is -0.150. The van der Waals surface area contributed by atoms with Gasteiger partial charge in [-0.3, -0.25) is 4.79 Å². The molecule has 0 unspecified atom stereocenters. The monoisotopic (exact) mass is 283 g/mol. The zero-order chi connectivity index (χ0) is 14.9. The van der Waals surface area contributed by atoms with E-state index in [4.69, 9.17) is 5.11 Å². The summed E-state index contributed by atoms with van der Waals surface area (Å²) < 4.78 is 0. The zero-order valence-corrected chi connectivity index (χ0v) is 12.6. The summed E-state index contributed by atoms with van der Waals surface area (Å²) >= 11 is 0. The summed E-state index contributed by atoms with van der Waals surface area (Å²) in [6.07, 6.45) is -0.392. The van der Waals surface area contributed by atoms with Gasteiger partial charge < -0.3 is 20.2 Å². The van der Waals surface area contributed by atoms with Crippen molar-refractivity contribution in [3.8, 4) is 0 Å². The van der Waals surface area contributed by atoms with Crippen molar-refractivity contribution in [2.24, 2.45) is 11.3 Å². The van der Waals surface area contributed by atoms with E-state index in [-0.39, 0.29) is 23.3 Å². The first-order valence-corrected chi connectivity index (χ1v) is 7.36. The molecule has 1 saturated heterocycles. The third-order valence-corrected chi connectivity index (χ3v) is 4.99. The number of likely N-dealkylation sites (N-methyl/N-ethyl adjacent to an activating group) is 1. The van der Waals surface area contributed by atoms with Crippen LogP contribution in [-0.2, 0) is 4.79 Å². The molecular weight excluding hydrogens is 258 g/mol. The quantitative estimate of drug-likeness (QED) is 0.805. The molecule has 1 aliphatic heterocycles. The number of hydrogen-bond acceptors (Lipinski definition) is 3. The largest absolute Gasteiger partial charge is 0.465 e. The number of rotatable bonds is 3. The molecule has 2 N–H and O–H groups in total. The molecule has 114 valence electrons. The molecule has 2 amide bonds. The van der Waals surface area contributed by atoms with Crippen LogP contribution in [0.3, 0.4) is 0 Å². The number of hydrogen-bond donors (Lipinski definition) is 2. The molecule has 6 nitrogen and oxygen atoms in total. The van der Waals surface area contributed by atoms with Crippen LogP contribution in [0.5, 0.6) is 0 Å². The molecule has 2 rings (SSSR count). The Hall–Kier alpha value is -1.30. The van der Waals surface area contributed by atoms with Gasteiger partial charge in [-0.15, -0.1) is 0 Å². The van der Waals surface area contributed by atoms with Gasteiger partial charge in [0.15, 0.2) is 0 Å². The molecule has 2 aliphatic rings. The Morgan fingerprint density at radius 1 is 1.25 bits per heavy atom. The van der Waals surface area contributed by atoms with Gasteiger partial charge in [0.1, 0.15) is 0 Å². The Morgan fingerprint density at radius 2 is 1.85 bits per heavy atom. The Morgan fingerprint density at radius 3 is 2.30 bits per heavy atom. The third-order valence-electron chi connectivity index (χ3n) is 4.99. The molecule has 2 atom stereocenters. The van der Waals surface area contributed by atoms with Crippen LogP contribution >= 0.6 is 0 Å². The van der Waals surface area contributed by atoms with Gasteiger partial charge >= 0.3 is 6.09 Å². The number of carboxylic acid groups (broad SMARTS) is 1. The molecule has 1 heterocycles. The van der Waals surface area contributed by atoms with E-state index < -0.39 is 6.09 Å². The second-order valence-electron chi connectivity index (χ2n) is 6.37. The van der Waals surface area contributed by atoms with Crippen LogP contribution in [0.15, 0.2) is 0 Å². The van der Waals surface area contributed by atoms with Crippen LogP contribution < -0.4 is 5.32 Å². The fraction of sp³-hybridized carbons (Fsp3) is 0.857. The van der Waals surface area contributed by atoms with Crippen LogP contribution in [0.2, 0.25) is 0 Å². The highest BCUT2D eigenvalue weighted by Gasteiger charge is 2.53. The van der Waals surface area contributed by atoms with Crippen molar-refractivity contribution in [2.45, 2.75) is 33.2 Å². The van der Waals surface area contributed by atoms with Gasteiger partial charge in [0.2, 0.25) is 5.91 Å². The minimum atomic E-state index is -1.01. The number of carbonyl (C=O) groups is 2. The van der Waals surface area contributed by atoms with Gasteiger partial charge in [0.25, 0.3) is 0 Å². The highest BCUT2D eigenvalue weighted by atomic mass is 16.4. The van der Waals surface area contributed by atoms with E-state index in [9.17, 15) is 9.59 Å². The maximum Gasteiger partial charge on any atom is 0.404 e. The second-order valence-corrected chi connectivity index (χ2v) is 6.37. The van der Waals surface area contributed by atoms with Crippen LogP contribution in [0.1, 0.15) is 27.2 Å². The molecular formula is C14H25N3O3. The molecule has 6 heteroatoms. The molecule has 0 radical (unpaired) electrons. The van der Waals surface area contributed by atoms with Gasteiger partial charge in [0.05, 0.1) is 0 Å². The first-order chi connectivity index (χ1) is 9.36. The summed E-state index contributed by atoms with van der Waals surface area (Å²) in [5, 5.41) is 11.3. The smallest absolute Gasteiger partial charge is 0.404 e. The average Bonchev–Trinajstić information content (AvgIpc) is 2.42. The molecule has 0 aromatic rings. The van der Waals surface area contributed by atoms with Crippen LogP contribution in [0.25, 0.3) is 0 Å². The minimum absolute atomic E-state index is 0.0625. The van der Waals surface area contributed by atoms with Crippen molar-refractivity contribution in [3.05, 3.63) is 0 Å². The maximum atomic E-state index is 12.6. The molecule has 0 bridgehead atoms. The lowest BCUT2D eigenvalue weighted by Gasteiger charge is -2.52. The van der Waals surface area contributed by atoms with E-state index in [1.165, 1.54) is 0 Å². The number of amides is 2. The predicted molar refractivity (Wildman–Crippen MR) is 75.5 cm³/mol. The summed E-state index contributed by atoms with van der Waals surface area (Å²) in [6.45, 7) is 10.6. The fourth-order valence-corrected chi connectivity index (χ4v) is 3.24. The molecule has 0 aromatic heterocycles. The van der Waals surface area contributed by atoms with E-state index in [0.29, 0.717) is 6.42 Å². The average molecular weight is 283 g/mol. The first-order valence-electron chi connectivity index (χ1n) is 7.36. The van der Waals surface area contributed by atoms with Crippen molar-refractivity contribution in [1.29, 1.82) is 0 Å². The summed E-state index contributed by atoms with van der Waals surface area (Å²) in [7, 11) is 0. The summed E-state index contributed by atoms with van der Waals surface area (Å²) in [5.74, 6) is 0.127. The molecule has 1 saturated carbocycles. The predicted octanol–water partition coefficient (Wildman–Crippen LogP) is 0.833. The molecule has 20 heavy (non-hydrogen) atoms. The second kappa shape index (κ2) is 5.60. The Labute approximate surface area is 120 Å². The summed E-state index contributed by atoms with van der Waals surface area (Å²) in [5.41, 5.74) is -0.294. The van der Waals surface area contributed by atoms with Crippen molar-refractivity contribution in [3.63, 3.8) is 0 Å². The maximum absolute atomic E-state index is 12.6. The minimum Gasteiger partial charge on any atom is -0.465 e. The number of nitrogens with one attached hydrogen (secondary N) is 1. The SMILES string of the molecule is CCN1CCN(C(=O)[C@H]2C[C@@H](NC(=O)O)C2(C)C)CC1. The Bertz CT molecular complexity index is 389. The first kappa shape index (κ1) is 15.1. The summed E-state index contributed by atoms with van der Waals surface area (Å²) in [6, 6.07) is -0.120. The van der Waals surface area contributed by atoms with E-state index >= 15 is 0 Å². The normalized spacial score (nSPS) is 29.6. The highest BCUT2D eigenvalue weighted by molar-refractivity contribution is 5.81. The Balaban J connectivity index is 1.90. The Kier molecular flexibility index (Phi) is 4.22.